The van der Waals surface area contributed by atoms with E-state index in [1.165, 1.54) is 43.2 Å². The summed E-state index contributed by atoms with van der Waals surface area (Å²) >= 11 is 1.63. The van der Waals surface area contributed by atoms with Gasteiger partial charge in [0.15, 0.2) is 0 Å². The average molecular weight is 298 g/mol. The van der Waals surface area contributed by atoms with Crippen molar-refractivity contribution < 1.29 is 0 Å². The summed E-state index contributed by atoms with van der Waals surface area (Å²) in [5.74, 6) is 0.708. The predicted octanol–water partition coefficient (Wildman–Crippen LogP) is 5.97. The Labute approximate surface area is 131 Å². The van der Waals surface area contributed by atoms with Crippen molar-refractivity contribution >= 4 is 22.7 Å². The molecule has 0 atom stereocenters. The lowest BCUT2D eigenvalue weighted by Gasteiger charge is -2.23. The fourth-order valence-corrected chi connectivity index (χ4v) is 3.80. The van der Waals surface area contributed by atoms with Gasteiger partial charge in [0.2, 0.25) is 5.13 Å². The second kappa shape index (κ2) is 6.99. The van der Waals surface area contributed by atoms with Gasteiger partial charge in [-0.15, -0.1) is 11.3 Å². The molecule has 3 rings (SSSR count). The Bertz CT molecular complexity index is 609. The molecular formula is C18H22N2S. The third-order valence-electron chi connectivity index (χ3n) is 4.16. The molecular weight excluding hydrogens is 276 g/mol. The first-order valence-corrected chi connectivity index (χ1v) is 8.84. The fraction of sp³-hybridized carbons (Fsp3) is 0.444. The smallest absolute Gasteiger partial charge is 0.209 e. The van der Waals surface area contributed by atoms with Crippen LogP contribution in [0.25, 0.3) is 11.3 Å². The van der Waals surface area contributed by atoms with Crippen molar-refractivity contribution in [2.45, 2.75) is 51.4 Å². The van der Waals surface area contributed by atoms with E-state index >= 15 is 0 Å². The van der Waals surface area contributed by atoms with Crippen LogP contribution in [0.4, 0.5) is 5.13 Å². The highest BCUT2D eigenvalue weighted by Crippen LogP contribution is 2.38. The molecule has 0 radical (unpaired) electrons. The molecule has 0 unspecified atom stereocenters. The molecule has 1 aromatic heterocycles. The zero-order valence-electron chi connectivity index (χ0n) is 12.6. The zero-order chi connectivity index (χ0) is 14.5. The summed E-state index contributed by atoms with van der Waals surface area (Å²) in [6.45, 7) is 2.09. The summed E-state index contributed by atoms with van der Waals surface area (Å²) in [5, 5.41) is 3.01. The minimum absolute atomic E-state index is 0.708. The van der Waals surface area contributed by atoms with Crippen LogP contribution in [0.1, 0.15) is 56.9 Å². The van der Waals surface area contributed by atoms with Crippen molar-refractivity contribution in [3.8, 4) is 11.3 Å². The molecule has 1 saturated carbocycles. The lowest BCUT2D eigenvalue weighted by molar-refractivity contribution is 0.444. The Morgan fingerprint density at radius 1 is 1.24 bits per heavy atom. The first-order valence-electron chi connectivity index (χ1n) is 7.96. The quantitative estimate of drug-likeness (QED) is 0.638. The number of rotatable bonds is 4. The molecule has 0 bridgehead atoms. The van der Waals surface area contributed by atoms with Gasteiger partial charge in [-0.3, -0.25) is 0 Å². The van der Waals surface area contributed by atoms with E-state index in [2.05, 4.69) is 41.6 Å². The maximum absolute atomic E-state index is 4.69. The van der Waals surface area contributed by atoms with E-state index in [0.29, 0.717) is 5.92 Å². The summed E-state index contributed by atoms with van der Waals surface area (Å²) < 4.78 is 0. The Hall–Kier alpha value is -1.48. The molecule has 1 aliphatic carbocycles. The first kappa shape index (κ1) is 14.5. The third-order valence-corrected chi connectivity index (χ3v) is 4.91. The van der Waals surface area contributed by atoms with E-state index in [4.69, 9.17) is 4.98 Å². The van der Waals surface area contributed by atoms with Crippen molar-refractivity contribution in [3.05, 3.63) is 35.2 Å². The number of hydrogen-bond acceptors (Lipinski definition) is 3. The number of benzene rings is 1. The molecule has 110 valence electrons. The topological polar surface area (TPSA) is 25.2 Å². The lowest BCUT2D eigenvalue weighted by atomic mass is 9.82. The number of hydrogen-bond donors (Lipinski definition) is 0. The molecule has 2 nitrogen and oxygen atoms in total. The monoisotopic (exact) mass is 298 g/mol. The SMILES string of the molecule is CCC=Nc1nc(-c2ccccc2C2CCCCC2)cs1. The van der Waals surface area contributed by atoms with Gasteiger partial charge >= 0.3 is 0 Å². The minimum Gasteiger partial charge on any atom is -0.232 e. The molecule has 21 heavy (non-hydrogen) atoms. The minimum atomic E-state index is 0.708. The summed E-state index contributed by atoms with van der Waals surface area (Å²) in [6, 6.07) is 8.79. The molecule has 1 aromatic carbocycles. The normalized spacial score (nSPS) is 16.6. The van der Waals surface area contributed by atoms with Gasteiger partial charge in [0.05, 0.1) is 5.69 Å². The molecule has 0 spiro atoms. The van der Waals surface area contributed by atoms with Crippen molar-refractivity contribution in [1.29, 1.82) is 0 Å². The summed E-state index contributed by atoms with van der Waals surface area (Å²) in [4.78, 5) is 9.09. The van der Waals surface area contributed by atoms with E-state index < -0.39 is 0 Å². The highest BCUT2D eigenvalue weighted by Gasteiger charge is 2.19. The van der Waals surface area contributed by atoms with Gasteiger partial charge in [-0.05, 0) is 30.7 Å². The van der Waals surface area contributed by atoms with Crippen molar-refractivity contribution in [1.82, 2.24) is 4.98 Å². The van der Waals surface area contributed by atoms with Crippen LogP contribution in [0.3, 0.4) is 0 Å². The van der Waals surface area contributed by atoms with E-state index in [1.807, 2.05) is 6.21 Å². The molecule has 0 amide bonds. The highest BCUT2D eigenvalue weighted by atomic mass is 32.1. The van der Waals surface area contributed by atoms with Gasteiger partial charge in [-0.2, -0.15) is 0 Å². The van der Waals surface area contributed by atoms with Crippen LogP contribution in [0.2, 0.25) is 0 Å². The predicted molar refractivity (Wildman–Crippen MR) is 91.8 cm³/mol. The Morgan fingerprint density at radius 3 is 2.86 bits per heavy atom. The molecule has 1 heterocycles. The standard InChI is InChI=1S/C18H22N2S/c1-2-12-19-18-20-17(13-21-18)16-11-7-6-10-15(16)14-8-4-3-5-9-14/h6-7,10-14H,2-5,8-9H2,1H3. The van der Waals surface area contributed by atoms with Gasteiger partial charge in [0.1, 0.15) is 0 Å². The molecule has 3 heteroatoms. The van der Waals surface area contributed by atoms with Crippen molar-refractivity contribution in [2.24, 2.45) is 4.99 Å². The summed E-state index contributed by atoms with van der Waals surface area (Å²) in [6.07, 6.45) is 9.64. The number of nitrogens with zero attached hydrogens (tertiary/aromatic N) is 2. The van der Waals surface area contributed by atoms with Gasteiger partial charge < -0.3 is 0 Å². The van der Waals surface area contributed by atoms with Crippen LogP contribution in [-0.2, 0) is 0 Å². The summed E-state index contributed by atoms with van der Waals surface area (Å²) in [5.41, 5.74) is 3.87. The molecule has 0 aliphatic heterocycles. The largest absolute Gasteiger partial charge is 0.232 e. The van der Waals surface area contributed by atoms with Crippen LogP contribution in [0.5, 0.6) is 0 Å². The van der Waals surface area contributed by atoms with E-state index in [9.17, 15) is 0 Å². The van der Waals surface area contributed by atoms with Crippen LogP contribution in [0, 0.1) is 0 Å². The van der Waals surface area contributed by atoms with Crippen LogP contribution >= 0.6 is 11.3 Å². The molecule has 0 saturated heterocycles. The van der Waals surface area contributed by atoms with Gasteiger partial charge in [0.25, 0.3) is 0 Å². The molecule has 2 aromatic rings. The highest BCUT2D eigenvalue weighted by molar-refractivity contribution is 7.13. The van der Waals surface area contributed by atoms with Crippen LogP contribution in [0.15, 0.2) is 34.6 Å². The molecule has 0 N–H and O–H groups in total. The van der Waals surface area contributed by atoms with Crippen molar-refractivity contribution in [2.75, 3.05) is 0 Å². The second-order valence-corrected chi connectivity index (χ2v) is 6.49. The third kappa shape index (κ3) is 3.41. The molecule has 1 fully saturated rings. The van der Waals surface area contributed by atoms with Gasteiger partial charge in [-0.1, -0.05) is 50.5 Å². The number of thiazole rings is 1. The fourth-order valence-electron chi connectivity index (χ4n) is 3.12. The van der Waals surface area contributed by atoms with Gasteiger partial charge in [-0.25, -0.2) is 9.98 Å². The Balaban J connectivity index is 1.91. The number of aliphatic imine (C=N–C) groups is 1. The van der Waals surface area contributed by atoms with Crippen molar-refractivity contribution in [3.63, 3.8) is 0 Å². The van der Waals surface area contributed by atoms with E-state index in [-0.39, 0.29) is 0 Å². The van der Waals surface area contributed by atoms with E-state index in [0.717, 1.165) is 17.2 Å². The maximum atomic E-state index is 4.69. The van der Waals surface area contributed by atoms with E-state index in [1.54, 1.807) is 11.3 Å². The summed E-state index contributed by atoms with van der Waals surface area (Å²) in [7, 11) is 0. The molecule has 1 aliphatic rings. The lowest BCUT2D eigenvalue weighted by Crippen LogP contribution is -2.05. The Morgan fingerprint density at radius 2 is 2.05 bits per heavy atom. The first-order chi connectivity index (χ1) is 10.4. The van der Waals surface area contributed by atoms with Crippen LogP contribution < -0.4 is 0 Å². The van der Waals surface area contributed by atoms with Crippen LogP contribution in [-0.4, -0.2) is 11.2 Å². The Kier molecular flexibility index (Phi) is 4.81. The maximum Gasteiger partial charge on any atom is 0.209 e. The second-order valence-electron chi connectivity index (χ2n) is 5.66. The number of aromatic nitrogens is 1. The average Bonchev–Trinajstić information content (AvgIpc) is 3.02. The zero-order valence-corrected chi connectivity index (χ0v) is 13.4. The van der Waals surface area contributed by atoms with Gasteiger partial charge in [0, 0.05) is 17.2 Å².